The molecule has 0 unspecified atom stereocenters. The van der Waals surface area contributed by atoms with Gasteiger partial charge in [0.1, 0.15) is 4.21 Å². The topological polar surface area (TPSA) is 54.4 Å². The van der Waals surface area contributed by atoms with Crippen LogP contribution >= 0.6 is 11.3 Å². The summed E-state index contributed by atoms with van der Waals surface area (Å²) in [6, 6.07) is 3.03. The summed E-state index contributed by atoms with van der Waals surface area (Å²) in [7, 11) is -3.96. The molecule has 1 rings (SSSR count). The molecule has 1 N–H and O–H groups in total. The zero-order valence-electron chi connectivity index (χ0n) is 5.23. The molecule has 0 amide bonds. The number of aryl methyl sites for hydroxylation is 1. The molecule has 0 atom stereocenters. The van der Waals surface area contributed by atoms with Gasteiger partial charge in [0.05, 0.1) is 0 Å². The van der Waals surface area contributed by atoms with E-state index in [0.29, 0.717) is 0 Å². The number of hydrogen-bond donors (Lipinski definition) is 1. The Labute approximate surface area is 91.5 Å². The maximum atomic E-state index is 10.4. The summed E-state index contributed by atoms with van der Waals surface area (Å²) in [5.74, 6) is 0. The zero-order valence-corrected chi connectivity index (χ0v) is 6.87. The molecule has 1 aromatic heterocycles. The number of thiophene rings is 1. The van der Waals surface area contributed by atoms with Crippen molar-refractivity contribution in [1.82, 2.24) is 0 Å². The van der Waals surface area contributed by atoms with E-state index < -0.39 is 10.1 Å². The predicted molar refractivity (Wildman–Crippen MR) is 46.0 cm³/mol. The van der Waals surface area contributed by atoms with Crippen LogP contribution in [0, 0.1) is 6.92 Å². The fourth-order valence-electron chi connectivity index (χ4n) is 0.551. The minimum atomic E-state index is -3.96. The SMILES string of the molecule is Cc1ccc(S(=O)(=O)O)s1.[NaH]. The molecule has 1 heterocycles. The van der Waals surface area contributed by atoms with E-state index in [1.54, 1.807) is 13.0 Å². The molecule has 0 bridgehead atoms. The van der Waals surface area contributed by atoms with Crippen LogP contribution in [0.15, 0.2) is 16.3 Å². The van der Waals surface area contributed by atoms with Crippen molar-refractivity contribution in [3.63, 3.8) is 0 Å². The van der Waals surface area contributed by atoms with Crippen LogP contribution in [-0.4, -0.2) is 42.5 Å². The molecular formula is C5H7NaO3S2. The Kier molecular flexibility index (Phi) is 4.24. The molecule has 11 heavy (non-hydrogen) atoms. The summed E-state index contributed by atoms with van der Waals surface area (Å²) in [5.41, 5.74) is 0. The molecule has 1 aromatic rings. The van der Waals surface area contributed by atoms with E-state index in [1.165, 1.54) is 6.07 Å². The Hall–Kier alpha value is 0.610. The van der Waals surface area contributed by atoms with Crippen LogP contribution in [0.1, 0.15) is 4.88 Å². The van der Waals surface area contributed by atoms with E-state index >= 15 is 0 Å². The molecule has 6 heteroatoms. The fourth-order valence-corrected chi connectivity index (χ4v) is 2.20. The molecule has 0 saturated carbocycles. The molecule has 0 saturated heterocycles. The summed E-state index contributed by atoms with van der Waals surface area (Å²) >= 11 is 1.06. The van der Waals surface area contributed by atoms with Crippen LogP contribution in [0.5, 0.6) is 0 Å². The number of rotatable bonds is 1. The summed E-state index contributed by atoms with van der Waals surface area (Å²) in [4.78, 5) is 0.868. The third-order valence-electron chi connectivity index (χ3n) is 0.970. The van der Waals surface area contributed by atoms with Crippen LogP contribution in [0.25, 0.3) is 0 Å². The van der Waals surface area contributed by atoms with Gasteiger partial charge in [-0.3, -0.25) is 4.55 Å². The molecule has 0 aliphatic heterocycles. The molecule has 0 radical (unpaired) electrons. The quantitative estimate of drug-likeness (QED) is 0.537. The van der Waals surface area contributed by atoms with Gasteiger partial charge in [0.25, 0.3) is 0 Å². The standard InChI is InChI=1S/C5H6O3S2.Na.H/c1-4-2-3-5(9-4)10(6,7)8;;/h2-3H,1H3,(H,6,7,8);;. The molecule has 3 nitrogen and oxygen atoms in total. The van der Waals surface area contributed by atoms with Gasteiger partial charge in [-0.05, 0) is 19.1 Å². The molecule has 0 aliphatic carbocycles. The van der Waals surface area contributed by atoms with E-state index in [-0.39, 0.29) is 33.8 Å². The van der Waals surface area contributed by atoms with Crippen molar-refractivity contribution in [3.8, 4) is 0 Å². The summed E-state index contributed by atoms with van der Waals surface area (Å²) < 4.78 is 29.3. The molecule has 0 aromatic carbocycles. The normalized spacial score (nSPS) is 10.7. The molecule has 0 aliphatic rings. The van der Waals surface area contributed by atoms with Crippen LogP contribution in [0.3, 0.4) is 0 Å². The number of hydrogen-bond acceptors (Lipinski definition) is 3. The average Bonchev–Trinajstić information content (AvgIpc) is 2.11. The molecule has 0 spiro atoms. The van der Waals surface area contributed by atoms with Gasteiger partial charge < -0.3 is 0 Å². The Morgan fingerprint density at radius 3 is 2.18 bits per heavy atom. The van der Waals surface area contributed by atoms with Crippen molar-refractivity contribution in [1.29, 1.82) is 0 Å². The first-order valence-corrected chi connectivity index (χ1v) is 4.80. The van der Waals surface area contributed by atoms with Gasteiger partial charge in [0, 0.05) is 4.88 Å². The summed E-state index contributed by atoms with van der Waals surface area (Å²) in [6.45, 7) is 1.78. The predicted octanol–water partition coefficient (Wildman–Crippen LogP) is 0.655. The molecular weight excluding hydrogens is 195 g/mol. The van der Waals surface area contributed by atoms with Gasteiger partial charge in [-0.15, -0.1) is 11.3 Å². The van der Waals surface area contributed by atoms with E-state index in [9.17, 15) is 8.42 Å². The zero-order chi connectivity index (χ0) is 7.78. The third-order valence-corrected chi connectivity index (χ3v) is 3.29. The first kappa shape index (κ1) is 11.6. The Balaban J connectivity index is 0.000001000. The van der Waals surface area contributed by atoms with Crippen molar-refractivity contribution in [3.05, 3.63) is 17.0 Å². The first-order chi connectivity index (χ1) is 4.50. The second kappa shape index (κ2) is 4.02. The van der Waals surface area contributed by atoms with Crippen LogP contribution in [0.4, 0.5) is 0 Å². The Morgan fingerprint density at radius 2 is 2.00 bits per heavy atom. The first-order valence-electron chi connectivity index (χ1n) is 2.54. The van der Waals surface area contributed by atoms with Crippen LogP contribution in [-0.2, 0) is 10.1 Å². The average molecular weight is 202 g/mol. The van der Waals surface area contributed by atoms with Crippen molar-refractivity contribution < 1.29 is 13.0 Å². The van der Waals surface area contributed by atoms with Gasteiger partial charge >= 0.3 is 39.7 Å². The molecule has 58 valence electrons. The monoisotopic (exact) mass is 202 g/mol. The van der Waals surface area contributed by atoms with Gasteiger partial charge in [0.15, 0.2) is 0 Å². The van der Waals surface area contributed by atoms with Gasteiger partial charge in [0.2, 0.25) is 0 Å². The van der Waals surface area contributed by atoms with E-state index in [4.69, 9.17) is 4.55 Å². The fraction of sp³-hybridized carbons (Fsp3) is 0.200. The van der Waals surface area contributed by atoms with Crippen LogP contribution < -0.4 is 0 Å². The Morgan fingerprint density at radius 1 is 1.45 bits per heavy atom. The van der Waals surface area contributed by atoms with E-state index in [2.05, 4.69) is 0 Å². The summed E-state index contributed by atoms with van der Waals surface area (Å²) in [5, 5.41) is 0. The van der Waals surface area contributed by atoms with Gasteiger partial charge in [-0.1, -0.05) is 0 Å². The van der Waals surface area contributed by atoms with E-state index in [0.717, 1.165) is 16.2 Å². The second-order valence-corrected chi connectivity index (χ2v) is 4.78. The summed E-state index contributed by atoms with van der Waals surface area (Å²) in [6.07, 6.45) is 0. The van der Waals surface area contributed by atoms with Crippen molar-refractivity contribution in [2.75, 3.05) is 0 Å². The Bertz CT molecular complexity index is 327. The molecule has 0 fully saturated rings. The van der Waals surface area contributed by atoms with Crippen molar-refractivity contribution >= 4 is 51.0 Å². The van der Waals surface area contributed by atoms with Crippen molar-refractivity contribution in [2.24, 2.45) is 0 Å². The third kappa shape index (κ3) is 3.23. The van der Waals surface area contributed by atoms with Gasteiger partial charge in [-0.2, -0.15) is 8.42 Å². The minimum absolute atomic E-state index is 0. The van der Waals surface area contributed by atoms with Crippen LogP contribution in [0.2, 0.25) is 0 Å². The second-order valence-electron chi connectivity index (χ2n) is 1.84. The van der Waals surface area contributed by atoms with Crippen molar-refractivity contribution in [2.45, 2.75) is 11.1 Å². The van der Waals surface area contributed by atoms with Gasteiger partial charge in [-0.25, -0.2) is 0 Å². The maximum absolute atomic E-state index is 10.4. The van der Waals surface area contributed by atoms with E-state index in [1.807, 2.05) is 0 Å².